The van der Waals surface area contributed by atoms with Crippen LogP contribution in [0.25, 0.3) is 0 Å². The van der Waals surface area contributed by atoms with Crippen LogP contribution < -0.4 is 5.73 Å². The average Bonchev–Trinajstić information content (AvgIpc) is 3.11. The molecule has 1 aliphatic heterocycles. The highest BCUT2D eigenvalue weighted by Crippen LogP contribution is 2.21. The summed E-state index contributed by atoms with van der Waals surface area (Å²) >= 11 is 0. The molecule has 2 heterocycles. The van der Waals surface area contributed by atoms with Crippen molar-refractivity contribution in [2.75, 3.05) is 6.54 Å². The number of amides is 1. The van der Waals surface area contributed by atoms with Crippen LogP contribution in [0.1, 0.15) is 42.9 Å². The molecular weight excluding hydrogens is 258 g/mol. The topological polar surface area (TPSA) is 96.7 Å². The van der Waals surface area contributed by atoms with Gasteiger partial charge in [0.2, 0.25) is 0 Å². The summed E-state index contributed by atoms with van der Waals surface area (Å²) in [5, 5.41) is 16.2. The third kappa shape index (κ3) is 2.48. The maximum atomic E-state index is 12.7. The number of likely N-dealkylation sites (tertiary alicyclic amines) is 1. The fraction of sp³-hybridized carbons (Fsp3) is 0.615. The van der Waals surface area contributed by atoms with Gasteiger partial charge in [-0.25, -0.2) is 0 Å². The Bertz CT molecular complexity index is 523. The molecule has 0 aliphatic carbocycles. The third-order valence-electron chi connectivity index (χ3n) is 3.68. The number of amidine groups is 1. The number of oxime groups is 1. The molecule has 20 heavy (non-hydrogen) atoms. The molecular formula is C13H21N5O2. The minimum atomic E-state index is -0.321. The van der Waals surface area contributed by atoms with E-state index in [-0.39, 0.29) is 17.8 Å². The Kier molecular flexibility index (Phi) is 4.26. The van der Waals surface area contributed by atoms with Gasteiger partial charge in [0.15, 0.2) is 5.84 Å². The van der Waals surface area contributed by atoms with Gasteiger partial charge < -0.3 is 15.8 Å². The highest BCUT2D eigenvalue weighted by molar-refractivity contribution is 5.97. The second kappa shape index (κ2) is 5.94. The minimum Gasteiger partial charge on any atom is -0.409 e. The molecule has 0 saturated carbocycles. The summed E-state index contributed by atoms with van der Waals surface area (Å²) in [5.74, 6) is -0.0118. The number of carbonyl (C=O) groups is 1. The van der Waals surface area contributed by atoms with Crippen molar-refractivity contribution in [2.24, 2.45) is 10.9 Å². The summed E-state index contributed by atoms with van der Waals surface area (Å²) in [6.45, 7) is 5.22. The van der Waals surface area contributed by atoms with Crippen molar-refractivity contribution in [3.8, 4) is 0 Å². The fourth-order valence-corrected chi connectivity index (χ4v) is 2.59. The molecule has 0 bridgehead atoms. The van der Waals surface area contributed by atoms with Crippen molar-refractivity contribution in [1.82, 2.24) is 14.7 Å². The van der Waals surface area contributed by atoms with Gasteiger partial charge in [-0.15, -0.1) is 0 Å². The molecule has 7 nitrogen and oxygen atoms in total. The molecule has 1 saturated heterocycles. The molecule has 1 aliphatic rings. The molecule has 2 rings (SSSR count). The van der Waals surface area contributed by atoms with Crippen LogP contribution in [0.5, 0.6) is 0 Å². The molecule has 1 amide bonds. The first-order valence-electron chi connectivity index (χ1n) is 6.97. The Morgan fingerprint density at radius 3 is 2.95 bits per heavy atom. The van der Waals surface area contributed by atoms with Gasteiger partial charge in [0.1, 0.15) is 5.69 Å². The first-order chi connectivity index (χ1) is 9.62. The number of hydrogen-bond donors (Lipinski definition) is 2. The molecule has 1 unspecified atom stereocenters. The van der Waals surface area contributed by atoms with Crippen LogP contribution in [0.3, 0.4) is 0 Å². The number of carbonyl (C=O) groups excluding carboxylic acids is 1. The first-order valence-corrected chi connectivity index (χ1v) is 6.97. The van der Waals surface area contributed by atoms with Crippen LogP contribution in [0.15, 0.2) is 11.2 Å². The lowest BCUT2D eigenvalue weighted by molar-refractivity contribution is 0.0755. The van der Waals surface area contributed by atoms with Crippen molar-refractivity contribution in [1.29, 1.82) is 0 Å². The van der Waals surface area contributed by atoms with Gasteiger partial charge in [-0.05, 0) is 32.3 Å². The van der Waals surface area contributed by atoms with Gasteiger partial charge in [0.25, 0.3) is 5.91 Å². The predicted molar refractivity (Wildman–Crippen MR) is 74.7 cm³/mol. The summed E-state index contributed by atoms with van der Waals surface area (Å²) in [6.07, 6.45) is 2.37. The van der Waals surface area contributed by atoms with Gasteiger partial charge >= 0.3 is 0 Å². The molecule has 1 fully saturated rings. The van der Waals surface area contributed by atoms with Gasteiger partial charge in [0.05, 0.1) is 11.7 Å². The summed E-state index contributed by atoms with van der Waals surface area (Å²) in [7, 11) is 0. The summed E-state index contributed by atoms with van der Waals surface area (Å²) in [4.78, 5) is 14.3. The number of nitrogens with zero attached hydrogens (tertiary/aromatic N) is 4. The Balaban J connectivity index is 2.28. The van der Waals surface area contributed by atoms with E-state index in [1.165, 1.54) is 0 Å². The van der Waals surface area contributed by atoms with Crippen LogP contribution in [0.4, 0.5) is 0 Å². The maximum Gasteiger partial charge on any atom is 0.272 e. The summed E-state index contributed by atoms with van der Waals surface area (Å²) < 4.78 is 1.71. The van der Waals surface area contributed by atoms with E-state index in [1.54, 1.807) is 9.58 Å². The van der Waals surface area contributed by atoms with Crippen LogP contribution in [0.2, 0.25) is 0 Å². The standard InChI is InChI=1S/C13H21N5O2/c1-3-9-8-11(18(4-2)15-9)13(19)17-7-5-6-10(17)12(14)16-20/h8,10,20H,3-7H2,1-2H3,(H2,14,16). The van der Waals surface area contributed by atoms with E-state index in [4.69, 9.17) is 10.9 Å². The Labute approximate surface area is 118 Å². The van der Waals surface area contributed by atoms with Gasteiger partial charge in [0, 0.05) is 13.1 Å². The van der Waals surface area contributed by atoms with E-state index < -0.39 is 0 Å². The second-order valence-corrected chi connectivity index (χ2v) is 4.87. The third-order valence-corrected chi connectivity index (χ3v) is 3.68. The Morgan fingerprint density at radius 2 is 2.35 bits per heavy atom. The number of rotatable bonds is 4. The van der Waals surface area contributed by atoms with Crippen molar-refractivity contribution in [3.05, 3.63) is 17.5 Å². The number of aromatic nitrogens is 2. The number of aryl methyl sites for hydroxylation is 2. The van der Waals surface area contributed by atoms with Crippen LogP contribution >= 0.6 is 0 Å². The molecule has 0 aromatic carbocycles. The molecule has 0 radical (unpaired) electrons. The van der Waals surface area contributed by atoms with Gasteiger partial charge in [-0.2, -0.15) is 5.10 Å². The molecule has 1 aromatic rings. The molecule has 7 heteroatoms. The normalized spacial score (nSPS) is 19.6. The molecule has 0 spiro atoms. The largest absolute Gasteiger partial charge is 0.409 e. The highest BCUT2D eigenvalue weighted by atomic mass is 16.4. The summed E-state index contributed by atoms with van der Waals surface area (Å²) in [6, 6.07) is 1.51. The molecule has 110 valence electrons. The lowest BCUT2D eigenvalue weighted by atomic mass is 10.2. The van der Waals surface area contributed by atoms with Crippen molar-refractivity contribution >= 4 is 11.7 Å². The zero-order valence-corrected chi connectivity index (χ0v) is 11.9. The first kappa shape index (κ1) is 14.4. The van der Waals surface area contributed by atoms with Crippen LogP contribution in [0, 0.1) is 0 Å². The second-order valence-electron chi connectivity index (χ2n) is 4.87. The van der Waals surface area contributed by atoms with E-state index in [9.17, 15) is 4.79 Å². The predicted octanol–water partition coefficient (Wildman–Crippen LogP) is 0.816. The van der Waals surface area contributed by atoms with Crippen molar-refractivity contribution < 1.29 is 10.0 Å². The van der Waals surface area contributed by atoms with E-state index in [0.717, 1.165) is 25.0 Å². The maximum absolute atomic E-state index is 12.7. The summed E-state index contributed by atoms with van der Waals surface area (Å²) in [5.41, 5.74) is 7.14. The van der Waals surface area contributed by atoms with E-state index in [2.05, 4.69) is 10.3 Å². The lowest BCUT2D eigenvalue weighted by Gasteiger charge is -2.23. The van der Waals surface area contributed by atoms with Crippen molar-refractivity contribution in [2.45, 2.75) is 45.7 Å². The smallest absolute Gasteiger partial charge is 0.272 e. The van der Waals surface area contributed by atoms with E-state index >= 15 is 0 Å². The highest BCUT2D eigenvalue weighted by Gasteiger charge is 2.33. The quantitative estimate of drug-likeness (QED) is 0.369. The van der Waals surface area contributed by atoms with Gasteiger partial charge in [-0.1, -0.05) is 12.1 Å². The number of hydrogen-bond acceptors (Lipinski definition) is 4. The SMILES string of the molecule is CCc1cc(C(=O)N2CCCC2C(N)=NO)n(CC)n1. The van der Waals surface area contributed by atoms with E-state index in [1.807, 2.05) is 19.9 Å². The Hall–Kier alpha value is -2.05. The van der Waals surface area contributed by atoms with Gasteiger partial charge in [-0.3, -0.25) is 9.48 Å². The monoisotopic (exact) mass is 279 g/mol. The lowest BCUT2D eigenvalue weighted by Crippen LogP contribution is -2.44. The fourth-order valence-electron chi connectivity index (χ4n) is 2.59. The molecule has 1 aromatic heterocycles. The van der Waals surface area contributed by atoms with E-state index in [0.29, 0.717) is 18.8 Å². The molecule has 1 atom stereocenters. The van der Waals surface area contributed by atoms with Crippen LogP contribution in [-0.4, -0.2) is 44.2 Å². The average molecular weight is 279 g/mol. The zero-order valence-electron chi connectivity index (χ0n) is 11.9. The molecule has 3 N–H and O–H groups in total. The van der Waals surface area contributed by atoms with Crippen LogP contribution in [-0.2, 0) is 13.0 Å². The zero-order chi connectivity index (χ0) is 14.7. The van der Waals surface area contributed by atoms with Crippen molar-refractivity contribution in [3.63, 3.8) is 0 Å². The number of nitrogens with two attached hydrogens (primary N) is 1. The Morgan fingerprint density at radius 1 is 1.60 bits per heavy atom. The minimum absolute atomic E-state index is 0.0918.